The number of carbonyl (C=O) groups excluding carboxylic acids is 2. The molecule has 9 heteroatoms. The van der Waals surface area contributed by atoms with Gasteiger partial charge < -0.3 is 19.9 Å². The molecule has 1 aliphatic heterocycles. The summed E-state index contributed by atoms with van der Waals surface area (Å²) in [6.45, 7) is 0.235. The topological polar surface area (TPSA) is 124 Å². The van der Waals surface area contributed by atoms with Crippen molar-refractivity contribution in [3.63, 3.8) is 0 Å². The number of aromatic nitrogens is 2. The summed E-state index contributed by atoms with van der Waals surface area (Å²) in [7, 11) is 1.43. The smallest absolute Gasteiger partial charge is 0.328 e. The number of hydrogen-bond donors (Lipinski definition) is 3. The molecule has 2 heterocycles. The molecule has 1 aromatic heterocycles. The van der Waals surface area contributed by atoms with Crippen molar-refractivity contribution >= 4 is 11.8 Å². The molecule has 1 aromatic carbocycles. The van der Waals surface area contributed by atoms with Gasteiger partial charge in [-0.2, -0.15) is 0 Å². The normalized spacial score (nSPS) is 19.6. The molecule has 1 fully saturated rings. The van der Waals surface area contributed by atoms with Crippen molar-refractivity contribution in [2.45, 2.75) is 18.6 Å². The third kappa shape index (κ3) is 3.98. The average Bonchev–Trinajstić information content (AvgIpc) is 2.66. The van der Waals surface area contributed by atoms with Crippen LogP contribution in [0.25, 0.3) is 0 Å². The quantitative estimate of drug-likeness (QED) is 0.643. The van der Waals surface area contributed by atoms with Crippen LogP contribution in [0.1, 0.15) is 27.1 Å². The van der Waals surface area contributed by atoms with E-state index < -0.39 is 29.3 Å². The van der Waals surface area contributed by atoms with Gasteiger partial charge in [0.2, 0.25) is 0 Å². The fraction of sp³-hybridized carbons (Fsp3) is 0.333. The lowest BCUT2D eigenvalue weighted by Gasteiger charge is -2.36. The van der Waals surface area contributed by atoms with Crippen molar-refractivity contribution in [3.05, 3.63) is 68.5 Å². The number of rotatable bonds is 3. The molecule has 1 saturated heterocycles. The van der Waals surface area contributed by atoms with Crippen LogP contribution in [0.15, 0.2) is 46.1 Å². The summed E-state index contributed by atoms with van der Waals surface area (Å²) in [6, 6.07) is 8.14. The first-order valence-electron chi connectivity index (χ1n) is 8.50. The Morgan fingerprint density at radius 3 is 2.59 bits per heavy atom. The SMILES string of the molecule is Cn1cc(C(=O)N2CC[C@@H](NC(=O)c3ccccc3)[C@H](O)C2)c(=O)[nH]c1=O. The third-order valence-corrected chi connectivity index (χ3v) is 4.56. The largest absolute Gasteiger partial charge is 0.389 e. The molecular weight excluding hydrogens is 352 g/mol. The molecule has 0 bridgehead atoms. The molecule has 3 rings (SSSR count). The second-order valence-electron chi connectivity index (χ2n) is 6.47. The van der Waals surface area contributed by atoms with Crippen molar-refractivity contribution in [2.24, 2.45) is 7.05 Å². The minimum absolute atomic E-state index is 0.0269. The molecule has 2 aromatic rings. The Bertz CT molecular complexity index is 966. The average molecular weight is 372 g/mol. The number of H-pyrrole nitrogens is 1. The highest BCUT2D eigenvalue weighted by Gasteiger charge is 2.32. The van der Waals surface area contributed by atoms with Gasteiger partial charge in [0.25, 0.3) is 17.4 Å². The molecule has 1 aliphatic rings. The second-order valence-corrected chi connectivity index (χ2v) is 6.47. The molecule has 9 nitrogen and oxygen atoms in total. The van der Waals surface area contributed by atoms with E-state index in [1.807, 2.05) is 0 Å². The van der Waals surface area contributed by atoms with Crippen LogP contribution in [0, 0.1) is 0 Å². The van der Waals surface area contributed by atoms with Crippen LogP contribution in [0.3, 0.4) is 0 Å². The first-order chi connectivity index (χ1) is 12.9. The van der Waals surface area contributed by atoms with E-state index in [9.17, 15) is 24.3 Å². The van der Waals surface area contributed by atoms with E-state index in [1.165, 1.54) is 18.1 Å². The number of nitrogens with zero attached hydrogens (tertiary/aromatic N) is 2. The van der Waals surface area contributed by atoms with Gasteiger partial charge in [0.15, 0.2) is 0 Å². The monoisotopic (exact) mass is 372 g/mol. The molecule has 2 atom stereocenters. The summed E-state index contributed by atoms with van der Waals surface area (Å²) in [6.07, 6.45) is 0.552. The van der Waals surface area contributed by atoms with Gasteiger partial charge in [0.1, 0.15) is 5.56 Å². The number of aliphatic hydroxyl groups is 1. The number of nitrogens with one attached hydrogen (secondary N) is 2. The molecular formula is C18H20N4O5. The van der Waals surface area contributed by atoms with Crippen LogP contribution in [0.4, 0.5) is 0 Å². The van der Waals surface area contributed by atoms with E-state index in [-0.39, 0.29) is 24.6 Å². The number of aryl methyl sites for hydroxylation is 1. The van der Waals surface area contributed by atoms with Gasteiger partial charge in [0, 0.05) is 31.9 Å². The van der Waals surface area contributed by atoms with Gasteiger partial charge in [-0.05, 0) is 18.6 Å². The summed E-state index contributed by atoms with van der Waals surface area (Å²) < 4.78 is 1.11. The molecule has 0 saturated carbocycles. The van der Waals surface area contributed by atoms with E-state index in [0.29, 0.717) is 12.0 Å². The van der Waals surface area contributed by atoms with Gasteiger partial charge in [0.05, 0.1) is 12.1 Å². The Balaban J connectivity index is 1.67. The van der Waals surface area contributed by atoms with E-state index >= 15 is 0 Å². The highest BCUT2D eigenvalue weighted by atomic mass is 16.3. The standard InChI is InChI=1S/C18H20N4O5/c1-21-9-12(16(25)20-18(21)27)17(26)22-8-7-13(14(23)10-22)19-15(24)11-5-3-2-4-6-11/h2-6,9,13-14,23H,7-8,10H2,1H3,(H,19,24)(H,20,25,27)/t13-,14-/m1/s1. The number of aromatic amines is 1. The van der Waals surface area contributed by atoms with Crippen molar-refractivity contribution in [1.29, 1.82) is 0 Å². The van der Waals surface area contributed by atoms with Gasteiger partial charge in [-0.25, -0.2) is 4.79 Å². The number of amides is 2. The number of β-amino-alcohol motifs (C(OH)–C–C–N with tert-alkyl or cyclic N) is 1. The molecule has 0 aliphatic carbocycles. The molecule has 0 spiro atoms. The molecule has 0 unspecified atom stereocenters. The van der Waals surface area contributed by atoms with Crippen molar-refractivity contribution in [1.82, 2.24) is 19.8 Å². The molecule has 0 radical (unpaired) electrons. The Kier molecular flexibility index (Phi) is 5.22. The number of likely N-dealkylation sites (tertiary alicyclic amines) is 1. The predicted octanol–water partition coefficient (Wildman–Crippen LogP) is -0.921. The van der Waals surface area contributed by atoms with Gasteiger partial charge in [-0.3, -0.25) is 19.4 Å². The predicted molar refractivity (Wildman–Crippen MR) is 96.5 cm³/mol. The van der Waals surface area contributed by atoms with Crippen molar-refractivity contribution < 1.29 is 14.7 Å². The zero-order valence-corrected chi connectivity index (χ0v) is 14.7. The van der Waals surface area contributed by atoms with Crippen LogP contribution < -0.4 is 16.6 Å². The number of carbonyl (C=O) groups is 2. The highest BCUT2D eigenvalue weighted by Crippen LogP contribution is 2.14. The molecule has 142 valence electrons. The van der Waals surface area contributed by atoms with Gasteiger partial charge >= 0.3 is 5.69 Å². The maximum atomic E-state index is 12.6. The number of hydrogen-bond acceptors (Lipinski definition) is 5. The summed E-state index contributed by atoms with van der Waals surface area (Å²) in [5.41, 5.74) is -1.06. The van der Waals surface area contributed by atoms with E-state index in [4.69, 9.17) is 0 Å². The van der Waals surface area contributed by atoms with Crippen LogP contribution in [-0.4, -0.2) is 56.6 Å². The fourth-order valence-corrected chi connectivity index (χ4v) is 3.01. The first kappa shape index (κ1) is 18.6. The molecule has 27 heavy (non-hydrogen) atoms. The maximum absolute atomic E-state index is 12.6. The van der Waals surface area contributed by atoms with Crippen LogP contribution in [0.2, 0.25) is 0 Å². The summed E-state index contributed by atoms with van der Waals surface area (Å²) in [5.74, 6) is -0.868. The second kappa shape index (κ2) is 7.58. The number of aliphatic hydroxyl groups excluding tert-OH is 1. The van der Waals surface area contributed by atoms with Crippen molar-refractivity contribution in [3.8, 4) is 0 Å². The zero-order chi connectivity index (χ0) is 19.6. The minimum atomic E-state index is -0.970. The minimum Gasteiger partial charge on any atom is -0.389 e. The molecule has 2 amide bonds. The summed E-state index contributed by atoms with van der Waals surface area (Å²) in [5, 5.41) is 13.1. The van der Waals surface area contributed by atoms with Crippen LogP contribution in [-0.2, 0) is 7.05 Å². The lowest BCUT2D eigenvalue weighted by Crippen LogP contribution is -2.55. The lowest BCUT2D eigenvalue weighted by atomic mass is 10.0. The number of benzene rings is 1. The molecule has 3 N–H and O–H groups in total. The Morgan fingerprint density at radius 2 is 1.93 bits per heavy atom. The third-order valence-electron chi connectivity index (χ3n) is 4.56. The fourth-order valence-electron chi connectivity index (χ4n) is 3.01. The zero-order valence-electron chi connectivity index (χ0n) is 14.7. The van der Waals surface area contributed by atoms with Gasteiger partial charge in [-0.1, -0.05) is 18.2 Å². The highest BCUT2D eigenvalue weighted by molar-refractivity contribution is 5.95. The van der Waals surface area contributed by atoms with Crippen molar-refractivity contribution in [2.75, 3.05) is 13.1 Å². The maximum Gasteiger partial charge on any atom is 0.328 e. The summed E-state index contributed by atoms with van der Waals surface area (Å²) in [4.78, 5) is 51.5. The van der Waals surface area contributed by atoms with E-state index in [2.05, 4.69) is 10.3 Å². The lowest BCUT2D eigenvalue weighted by molar-refractivity contribution is 0.0313. The van der Waals surface area contributed by atoms with Gasteiger partial charge in [-0.15, -0.1) is 0 Å². The summed E-state index contributed by atoms with van der Waals surface area (Å²) >= 11 is 0. The number of piperidine rings is 1. The first-order valence-corrected chi connectivity index (χ1v) is 8.50. The van der Waals surface area contributed by atoms with Crippen LogP contribution in [0.5, 0.6) is 0 Å². The van der Waals surface area contributed by atoms with E-state index in [0.717, 1.165) is 4.57 Å². The van der Waals surface area contributed by atoms with E-state index in [1.54, 1.807) is 30.3 Å². The van der Waals surface area contributed by atoms with Crippen LogP contribution >= 0.6 is 0 Å². The Labute approximate surface area is 154 Å². The Hall–Kier alpha value is -3.20. The Morgan fingerprint density at radius 1 is 1.22 bits per heavy atom.